The van der Waals surface area contributed by atoms with E-state index >= 15 is 0 Å². The SMILES string of the molecule is Fc1ccccc1CCNC(=S)NCCC1CCCCC1. The zero-order chi connectivity index (χ0) is 14.9. The van der Waals surface area contributed by atoms with Gasteiger partial charge in [-0.1, -0.05) is 50.3 Å². The Labute approximate surface area is 132 Å². The van der Waals surface area contributed by atoms with Crippen molar-refractivity contribution < 1.29 is 4.39 Å². The number of thiocarbonyl (C=S) groups is 1. The number of hydrogen-bond donors (Lipinski definition) is 2. The molecular weight excluding hydrogens is 283 g/mol. The zero-order valence-electron chi connectivity index (χ0n) is 12.5. The van der Waals surface area contributed by atoms with E-state index in [-0.39, 0.29) is 5.82 Å². The molecule has 0 spiro atoms. The second-order valence-corrected chi connectivity index (χ2v) is 6.23. The van der Waals surface area contributed by atoms with Gasteiger partial charge in [0.05, 0.1) is 0 Å². The number of benzene rings is 1. The molecule has 0 heterocycles. The second-order valence-electron chi connectivity index (χ2n) is 5.82. The molecule has 0 atom stereocenters. The lowest BCUT2D eigenvalue weighted by atomic mass is 9.87. The van der Waals surface area contributed by atoms with Crippen LogP contribution in [0.2, 0.25) is 0 Å². The predicted octanol–water partition coefficient (Wildman–Crippen LogP) is 3.80. The normalized spacial score (nSPS) is 15.7. The molecule has 116 valence electrons. The molecule has 1 aliphatic rings. The van der Waals surface area contributed by atoms with Crippen LogP contribution in [0.3, 0.4) is 0 Å². The minimum atomic E-state index is -0.143. The van der Waals surface area contributed by atoms with Crippen LogP contribution in [0.5, 0.6) is 0 Å². The Bertz CT molecular complexity index is 444. The van der Waals surface area contributed by atoms with Gasteiger partial charge in [-0.15, -0.1) is 0 Å². The minimum Gasteiger partial charge on any atom is -0.363 e. The van der Waals surface area contributed by atoms with Crippen LogP contribution in [0, 0.1) is 11.7 Å². The van der Waals surface area contributed by atoms with E-state index in [4.69, 9.17) is 12.2 Å². The number of nitrogens with one attached hydrogen (secondary N) is 2. The third-order valence-corrected chi connectivity index (χ3v) is 4.49. The van der Waals surface area contributed by atoms with E-state index in [1.807, 2.05) is 12.1 Å². The Morgan fingerprint density at radius 3 is 2.57 bits per heavy atom. The molecule has 1 fully saturated rings. The van der Waals surface area contributed by atoms with Crippen molar-refractivity contribution in [1.82, 2.24) is 10.6 Å². The van der Waals surface area contributed by atoms with Crippen LogP contribution >= 0.6 is 12.2 Å². The van der Waals surface area contributed by atoms with Crippen LogP contribution in [-0.2, 0) is 6.42 Å². The van der Waals surface area contributed by atoms with E-state index in [1.165, 1.54) is 44.6 Å². The van der Waals surface area contributed by atoms with Crippen molar-refractivity contribution in [3.63, 3.8) is 0 Å². The summed E-state index contributed by atoms with van der Waals surface area (Å²) in [6, 6.07) is 6.88. The van der Waals surface area contributed by atoms with Crippen LogP contribution in [0.4, 0.5) is 4.39 Å². The summed E-state index contributed by atoms with van der Waals surface area (Å²) in [5.41, 5.74) is 0.731. The standard InChI is InChI=1S/C17H25FN2S/c18-16-9-5-4-8-15(16)11-13-20-17(21)19-12-10-14-6-2-1-3-7-14/h4-5,8-9,14H,1-3,6-7,10-13H2,(H2,19,20,21). The van der Waals surface area contributed by atoms with Gasteiger partial charge in [0.15, 0.2) is 5.11 Å². The average Bonchev–Trinajstić information content (AvgIpc) is 2.50. The van der Waals surface area contributed by atoms with Gasteiger partial charge in [0.2, 0.25) is 0 Å². The maximum atomic E-state index is 13.4. The van der Waals surface area contributed by atoms with E-state index in [0.717, 1.165) is 18.0 Å². The molecule has 0 saturated heterocycles. The Balaban J connectivity index is 1.56. The third kappa shape index (κ3) is 6.00. The van der Waals surface area contributed by atoms with E-state index < -0.39 is 0 Å². The van der Waals surface area contributed by atoms with Crippen LogP contribution in [0.15, 0.2) is 24.3 Å². The molecule has 2 N–H and O–H groups in total. The first-order valence-corrected chi connectivity index (χ1v) is 8.41. The topological polar surface area (TPSA) is 24.1 Å². The van der Waals surface area contributed by atoms with Crippen LogP contribution in [0.1, 0.15) is 44.1 Å². The fourth-order valence-electron chi connectivity index (χ4n) is 2.94. The first-order chi connectivity index (χ1) is 10.3. The highest BCUT2D eigenvalue weighted by molar-refractivity contribution is 7.80. The maximum Gasteiger partial charge on any atom is 0.166 e. The minimum absolute atomic E-state index is 0.143. The summed E-state index contributed by atoms with van der Waals surface area (Å²) in [4.78, 5) is 0. The van der Waals surface area contributed by atoms with Crippen molar-refractivity contribution in [2.24, 2.45) is 5.92 Å². The first kappa shape index (κ1) is 16.2. The van der Waals surface area contributed by atoms with Crippen LogP contribution in [-0.4, -0.2) is 18.2 Å². The van der Waals surface area contributed by atoms with Crippen molar-refractivity contribution in [3.05, 3.63) is 35.6 Å². The summed E-state index contributed by atoms with van der Waals surface area (Å²) in [7, 11) is 0. The number of halogens is 1. The predicted molar refractivity (Wildman–Crippen MR) is 89.9 cm³/mol. The average molecular weight is 308 g/mol. The van der Waals surface area contributed by atoms with Crippen molar-refractivity contribution in [3.8, 4) is 0 Å². The molecule has 0 radical (unpaired) electrons. The van der Waals surface area contributed by atoms with Gasteiger partial charge in [-0.2, -0.15) is 0 Å². The second kappa shape index (κ2) is 8.98. The molecule has 0 unspecified atom stereocenters. The van der Waals surface area contributed by atoms with Gasteiger partial charge in [-0.25, -0.2) is 4.39 Å². The Kier molecular flexibility index (Phi) is 6.93. The van der Waals surface area contributed by atoms with Crippen molar-refractivity contribution in [2.75, 3.05) is 13.1 Å². The summed E-state index contributed by atoms with van der Waals surface area (Å²) < 4.78 is 13.4. The number of rotatable bonds is 6. The van der Waals surface area contributed by atoms with Crippen molar-refractivity contribution >= 4 is 17.3 Å². The van der Waals surface area contributed by atoms with Gasteiger partial charge in [0.1, 0.15) is 5.82 Å². The molecule has 0 bridgehead atoms. The van der Waals surface area contributed by atoms with Crippen LogP contribution in [0.25, 0.3) is 0 Å². The first-order valence-electron chi connectivity index (χ1n) is 8.01. The highest BCUT2D eigenvalue weighted by Crippen LogP contribution is 2.25. The van der Waals surface area contributed by atoms with E-state index in [0.29, 0.717) is 18.1 Å². The molecule has 2 nitrogen and oxygen atoms in total. The lowest BCUT2D eigenvalue weighted by Crippen LogP contribution is -2.37. The van der Waals surface area contributed by atoms with Crippen LogP contribution < -0.4 is 10.6 Å². The molecular formula is C17H25FN2S. The summed E-state index contributed by atoms with van der Waals surface area (Å²) >= 11 is 5.25. The fourth-order valence-corrected chi connectivity index (χ4v) is 3.14. The molecule has 21 heavy (non-hydrogen) atoms. The highest BCUT2D eigenvalue weighted by atomic mass is 32.1. The molecule has 1 aliphatic carbocycles. The van der Waals surface area contributed by atoms with E-state index in [2.05, 4.69) is 10.6 Å². The smallest absolute Gasteiger partial charge is 0.166 e. The highest BCUT2D eigenvalue weighted by Gasteiger charge is 2.12. The molecule has 0 aromatic heterocycles. The van der Waals surface area contributed by atoms with Gasteiger partial charge in [-0.05, 0) is 42.6 Å². The van der Waals surface area contributed by atoms with E-state index in [1.54, 1.807) is 6.07 Å². The van der Waals surface area contributed by atoms with Gasteiger partial charge in [0, 0.05) is 13.1 Å². The summed E-state index contributed by atoms with van der Waals surface area (Å²) in [5.74, 6) is 0.725. The molecule has 0 aliphatic heterocycles. The molecule has 1 saturated carbocycles. The molecule has 0 amide bonds. The lowest BCUT2D eigenvalue weighted by Gasteiger charge is -2.21. The summed E-state index contributed by atoms with van der Waals surface area (Å²) in [6.45, 7) is 1.60. The van der Waals surface area contributed by atoms with E-state index in [9.17, 15) is 4.39 Å². The third-order valence-electron chi connectivity index (χ3n) is 4.20. The van der Waals surface area contributed by atoms with Crippen molar-refractivity contribution in [1.29, 1.82) is 0 Å². The Morgan fingerprint density at radius 2 is 1.81 bits per heavy atom. The van der Waals surface area contributed by atoms with Gasteiger partial charge < -0.3 is 10.6 Å². The van der Waals surface area contributed by atoms with Gasteiger partial charge in [-0.3, -0.25) is 0 Å². The monoisotopic (exact) mass is 308 g/mol. The van der Waals surface area contributed by atoms with Gasteiger partial charge in [0.25, 0.3) is 0 Å². The van der Waals surface area contributed by atoms with Crippen molar-refractivity contribution in [2.45, 2.75) is 44.9 Å². The van der Waals surface area contributed by atoms with Gasteiger partial charge >= 0.3 is 0 Å². The molecule has 1 aromatic carbocycles. The molecule has 4 heteroatoms. The Morgan fingerprint density at radius 1 is 1.10 bits per heavy atom. The summed E-state index contributed by atoms with van der Waals surface area (Å²) in [5, 5.41) is 7.09. The maximum absolute atomic E-state index is 13.4. The fraction of sp³-hybridized carbons (Fsp3) is 0.588. The Hall–Kier alpha value is -1.16. The quantitative estimate of drug-likeness (QED) is 0.782. The number of hydrogen-bond acceptors (Lipinski definition) is 1. The lowest BCUT2D eigenvalue weighted by molar-refractivity contribution is 0.339. The molecule has 2 rings (SSSR count). The summed E-state index contributed by atoms with van der Waals surface area (Å²) in [6.07, 6.45) is 8.77. The zero-order valence-corrected chi connectivity index (χ0v) is 13.4. The molecule has 1 aromatic rings. The largest absolute Gasteiger partial charge is 0.363 e.